The van der Waals surface area contributed by atoms with Crippen LogP contribution in [0.2, 0.25) is 0 Å². The summed E-state index contributed by atoms with van der Waals surface area (Å²) < 4.78 is 27.0. The van der Waals surface area contributed by atoms with Crippen molar-refractivity contribution in [2.24, 2.45) is 7.05 Å². The Morgan fingerprint density at radius 1 is 1.26 bits per heavy atom. The topological polar surface area (TPSA) is 75.5 Å². The lowest BCUT2D eigenvalue weighted by Crippen LogP contribution is -2.40. The minimum absolute atomic E-state index is 0.0153. The van der Waals surface area contributed by atoms with E-state index < -0.39 is 10.0 Å². The third-order valence-electron chi connectivity index (χ3n) is 4.99. The quantitative estimate of drug-likeness (QED) is 0.813. The number of nitrogens with zero attached hydrogens (tertiary/aromatic N) is 4. The Morgan fingerprint density at radius 2 is 2.00 bits per heavy atom. The molecule has 0 radical (unpaired) electrons. The summed E-state index contributed by atoms with van der Waals surface area (Å²) >= 11 is 0. The van der Waals surface area contributed by atoms with Gasteiger partial charge in [0.1, 0.15) is 0 Å². The van der Waals surface area contributed by atoms with Crippen LogP contribution in [0.25, 0.3) is 0 Å². The molecule has 2 fully saturated rings. The van der Waals surface area contributed by atoms with Crippen molar-refractivity contribution < 1.29 is 13.2 Å². The lowest BCUT2D eigenvalue weighted by atomic mass is 10.0. The van der Waals surface area contributed by atoms with E-state index in [1.54, 1.807) is 0 Å². The van der Waals surface area contributed by atoms with Crippen molar-refractivity contribution in [3.8, 4) is 0 Å². The number of sulfonamides is 1. The molecule has 0 N–H and O–H groups in total. The number of amides is 1. The zero-order valence-electron chi connectivity index (χ0n) is 13.9. The van der Waals surface area contributed by atoms with E-state index in [9.17, 15) is 13.2 Å². The van der Waals surface area contributed by atoms with Gasteiger partial charge in [0, 0.05) is 31.4 Å². The van der Waals surface area contributed by atoms with E-state index in [2.05, 4.69) is 5.10 Å². The minimum atomic E-state index is -3.24. The first-order valence-corrected chi connectivity index (χ1v) is 9.69. The molecule has 3 heterocycles. The summed E-state index contributed by atoms with van der Waals surface area (Å²) in [5.41, 5.74) is 3.13. The van der Waals surface area contributed by atoms with E-state index in [1.807, 2.05) is 30.5 Å². The van der Waals surface area contributed by atoms with Gasteiger partial charge >= 0.3 is 0 Å². The highest BCUT2D eigenvalue weighted by Gasteiger charge is 2.36. The first-order chi connectivity index (χ1) is 10.8. The van der Waals surface area contributed by atoms with Crippen LogP contribution in [0.3, 0.4) is 0 Å². The van der Waals surface area contributed by atoms with Crippen LogP contribution in [0.4, 0.5) is 0 Å². The molecule has 7 nitrogen and oxygen atoms in total. The van der Waals surface area contributed by atoms with Gasteiger partial charge in [-0.05, 0) is 33.1 Å². The second-order valence-corrected chi connectivity index (χ2v) is 8.54. The Bertz CT molecular complexity index is 725. The van der Waals surface area contributed by atoms with E-state index in [-0.39, 0.29) is 24.2 Å². The molecule has 1 aromatic heterocycles. The number of aryl methyl sites for hydroxylation is 2. The molecule has 128 valence electrons. The van der Waals surface area contributed by atoms with Gasteiger partial charge in [-0.25, -0.2) is 8.42 Å². The Morgan fingerprint density at radius 3 is 2.57 bits per heavy atom. The van der Waals surface area contributed by atoms with Crippen molar-refractivity contribution in [1.82, 2.24) is 19.0 Å². The Kier molecular flexibility index (Phi) is 4.22. The molecule has 1 aromatic rings. The molecule has 1 amide bonds. The summed E-state index contributed by atoms with van der Waals surface area (Å²) in [7, 11) is -1.33. The molecule has 0 spiro atoms. The third kappa shape index (κ3) is 2.89. The molecule has 2 aliphatic heterocycles. The molecule has 0 unspecified atom stereocenters. The number of hydrogen-bond donors (Lipinski definition) is 0. The number of likely N-dealkylation sites (tertiary alicyclic amines) is 1. The number of carbonyl (C=O) groups is 1. The van der Waals surface area contributed by atoms with Crippen molar-refractivity contribution in [1.29, 1.82) is 0 Å². The van der Waals surface area contributed by atoms with Crippen LogP contribution in [0.1, 0.15) is 42.3 Å². The zero-order chi connectivity index (χ0) is 16.8. The SMILES string of the molecule is Cc1nn(C)c(C)c1[C@@H]1CCCN1C(=O)CN1CCCS1(=O)=O. The van der Waals surface area contributed by atoms with Crippen LogP contribution < -0.4 is 0 Å². The van der Waals surface area contributed by atoms with Gasteiger partial charge in [0.25, 0.3) is 0 Å². The monoisotopic (exact) mass is 340 g/mol. The van der Waals surface area contributed by atoms with Crippen molar-refractivity contribution in [2.75, 3.05) is 25.4 Å². The highest BCUT2D eigenvalue weighted by Crippen LogP contribution is 2.35. The Balaban J connectivity index is 1.80. The van der Waals surface area contributed by atoms with Crippen LogP contribution in [-0.4, -0.2) is 58.7 Å². The molecule has 23 heavy (non-hydrogen) atoms. The van der Waals surface area contributed by atoms with Crippen molar-refractivity contribution in [3.63, 3.8) is 0 Å². The van der Waals surface area contributed by atoms with Crippen LogP contribution in [0.5, 0.6) is 0 Å². The summed E-state index contributed by atoms with van der Waals surface area (Å²) in [4.78, 5) is 14.5. The molecular weight excluding hydrogens is 316 g/mol. The summed E-state index contributed by atoms with van der Waals surface area (Å²) in [5.74, 6) is 0.0606. The Hall–Kier alpha value is -1.41. The van der Waals surface area contributed by atoms with Gasteiger partial charge in [-0.2, -0.15) is 9.40 Å². The lowest BCUT2D eigenvalue weighted by Gasteiger charge is -2.27. The second-order valence-electron chi connectivity index (χ2n) is 6.46. The van der Waals surface area contributed by atoms with Gasteiger partial charge in [-0.15, -0.1) is 0 Å². The number of aromatic nitrogens is 2. The number of rotatable bonds is 3. The van der Waals surface area contributed by atoms with Crippen molar-refractivity contribution in [2.45, 2.75) is 39.2 Å². The molecule has 3 rings (SSSR count). The molecule has 0 aliphatic carbocycles. The van der Waals surface area contributed by atoms with E-state index in [0.29, 0.717) is 19.5 Å². The number of carbonyl (C=O) groups excluding carboxylic acids is 1. The molecule has 2 saturated heterocycles. The van der Waals surface area contributed by atoms with E-state index in [0.717, 1.165) is 29.8 Å². The second kappa shape index (κ2) is 5.90. The molecule has 0 bridgehead atoms. The molecule has 8 heteroatoms. The average Bonchev–Trinajstić information content (AvgIpc) is 3.11. The highest BCUT2D eigenvalue weighted by atomic mass is 32.2. The fraction of sp³-hybridized carbons (Fsp3) is 0.733. The van der Waals surface area contributed by atoms with Crippen LogP contribution in [0.15, 0.2) is 0 Å². The number of hydrogen-bond acceptors (Lipinski definition) is 4. The van der Waals surface area contributed by atoms with Crippen LogP contribution in [-0.2, 0) is 21.9 Å². The minimum Gasteiger partial charge on any atom is -0.334 e. The normalized spacial score (nSPS) is 24.5. The van der Waals surface area contributed by atoms with Crippen molar-refractivity contribution >= 4 is 15.9 Å². The maximum absolute atomic E-state index is 12.7. The van der Waals surface area contributed by atoms with Crippen molar-refractivity contribution in [3.05, 3.63) is 17.0 Å². The maximum atomic E-state index is 12.7. The van der Waals surface area contributed by atoms with Gasteiger partial charge in [0.15, 0.2) is 0 Å². The summed E-state index contributed by atoms with van der Waals surface area (Å²) in [5, 5.41) is 4.45. The first kappa shape index (κ1) is 16.4. The molecule has 0 aromatic carbocycles. The average molecular weight is 340 g/mol. The summed E-state index contributed by atoms with van der Waals surface area (Å²) in [6, 6.07) is 0.0153. The highest BCUT2D eigenvalue weighted by molar-refractivity contribution is 7.89. The predicted octanol–water partition coefficient (Wildman–Crippen LogP) is 0.736. The van der Waals surface area contributed by atoms with E-state index in [4.69, 9.17) is 0 Å². The largest absolute Gasteiger partial charge is 0.334 e. The molecular formula is C15H24N4O3S. The summed E-state index contributed by atoms with van der Waals surface area (Å²) in [6.07, 6.45) is 2.46. The van der Waals surface area contributed by atoms with Gasteiger partial charge < -0.3 is 4.90 Å². The van der Waals surface area contributed by atoms with Gasteiger partial charge in [-0.1, -0.05) is 0 Å². The van der Waals surface area contributed by atoms with E-state index >= 15 is 0 Å². The van der Waals surface area contributed by atoms with Crippen LogP contribution in [0, 0.1) is 13.8 Å². The molecule has 2 aliphatic rings. The maximum Gasteiger partial charge on any atom is 0.238 e. The predicted molar refractivity (Wildman–Crippen MR) is 86.3 cm³/mol. The van der Waals surface area contributed by atoms with Gasteiger partial charge in [0.2, 0.25) is 15.9 Å². The fourth-order valence-electron chi connectivity index (χ4n) is 3.75. The standard InChI is InChI=1S/C15H24N4O3S/c1-11-15(12(2)17(3)16-11)13-6-4-8-19(13)14(20)10-18-7-5-9-23(18,21)22/h13H,4-10H2,1-3H3/t13-/m0/s1. The smallest absolute Gasteiger partial charge is 0.238 e. The fourth-order valence-corrected chi connectivity index (χ4v) is 5.21. The zero-order valence-corrected chi connectivity index (χ0v) is 14.8. The molecule has 1 atom stereocenters. The van der Waals surface area contributed by atoms with Gasteiger partial charge in [-0.3, -0.25) is 9.48 Å². The van der Waals surface area contributed by atoms with Gasteiger partial charge in [0.05, 0.1) is 24.0 Å². The Labute approximate surface area is 137 Å². The summed E-state index contributed by atoms with van der Waals surface area (Å²) in [6.45, 7) is 5.09. The first-order valence-electron chi connectivity index (χ1n) is 8.08. The third-order valence-corrected chi connectivity index (χ3v) is 6.89. The van der Waals surface area contributed by atoms with E-state index in [1.165, 1.54) is 4.31 Å². The van der Waals surface area contributed by atoms with Crippen LogP contribution >= 0.6 is 0 Å². The molecule has 0 saturated carbocycles. The lowest BCUT2D eigenvalue weighted by molar-refractivity contribution is -0.132.